The maximum atomic E-state index is 13.6. The molecule has 0 spiro atoms. The van der Waals surface area contributed by atoms with Crippen LogP contribution < -0.4 is 10.1 Å². The molecule has 1 aromatic carbocycles. The SMILES string of the molecule is COc1cccc(C2(C(=O)NC3CCCCCC3)CC3CCC(=O)N3C2)c1. The highest BCUT2D eigenvalue weighted by Crippen LogP contribution is 2.44. The van der Waals surface area contributed by atoms with Crippen LogP contribution in [0.15, 0.2) is 24.3 Å². The molecule has 146 valence electrons. The van der Waals surface area contributed by atoms with Crippen molar-refractivity contribution >= 4 is 11.8 Å². The molecule has 3 fully saturated rings. The number of hydrogen-bond acceptors (Lipinski definition) is 3. The third-order valence-corrected chi connectivity index (χ3v) is 6.72. The molecule has 0 radical (unpaired) electrons. The number of carbonyl (C=O) groups is 2. The number of nitrogens with zero attached hydrogens (tertiary/aromatic N) is 1. The lowest BCUT2D eigenvalue weighted by atomic mass is 9.76. The number of nitrogens with one attached hydrogen (secondary N) is 1. The van der Waals surface area contributed by atoms with Crippen molar-refractivity contribution in [2.75, 3.05) is 13.7 Å². The fraction of sp³-hybridized carbons (Fsp3) is 0.636. The van der Waals surface area contributed by atoms with Crippen molar-refractivity contribution in [1.82, 2.24) is 10.2 Å². The summed E-state index contributed by atoms with van der Waals surface area (Å²) in [7, 11) is 1.65. The Morgan fingerprint density at radius 3 is 2.67 bits per heavy atom. The maximum Gasteiger partial charge on any atom is 0.232 e. The van der Waals surface area contributed by atoms with Crippen LogP contribution in [0.2, 0.25) is 0 Å². The molecule has 4 rings (SSSR count). The van der Waals surface area contributed by atoms with Gasteiger partial charge in [-0.3, -0.25) is 9.59 Å². The molecule has 2 heterocycles. The smallest absolute Gasteiger partial charge is 0.232 e. The van der Waals surface area contributed by atoms with Crippen molar-refractivity contribution < 1.29 is 14.3 Å². The Morgan fingerprint density at radius 2 is 1.96 bits per heavy atom. The van der Waals surface area contributed by atoms with Crippen molar-refractivity contribution in [1.29, 1.82) is 0 Å². The number of ether oxygens (including phenoxy) is 1. The first-order valence-corrected chi connectivity index (χ1v) is 10.4. The topological polar surface area (TPSA) is 58.6 Å². The highest BCUT2D eigenvalue weighted by molar-refractivity contribution is 5.91. The summed E-state index contributed by atoms with van der Waals surface area (Å²) in [6.07, 6.45) is 9.21. The van der Waals surface area contributed by atoms with E-state index in [1.165, 1.54) is 25.7 Å². The maximum absolute atomic E-state index is 13.6. The molecule has 1 aromatic rings. The minimum atomic E-state index is -0.665. The quantitative estimate of drug-likeness (QED) is 0.828. The van der Waals surface area contributed by atoms with Gasteiger partial charge in [-0.25, -0.2) is 0 Å². The van der Waals surface area contributed by atoms with Gasteiger partial charge in [0.1, 0.15) is 5.75 Å². The van der Waals surface area contributed by atoms with Gasteiger partial charge in [0.2, 0.25) is 11.8 Å². The van der Waals surface area contributed by atoms with Gasteiger partial charge >= 0.3 is 0 Å². The number of hydrogen-bond donors (Lipinski definition) is 1. The Labute approximate surface area is 161 Å². The van der Waals surface area contributed by atoms with Gasteiger partial charge in [-0.1, -0.05) is 37.8 Å². The van der Waals surface area contributed by atoms with Crippen molar-refractivity contribution in [3.8, 4) is 5.75 Å². The average Bonchev–Trinajstić information content (AvgIpc) is 3.12. The van der Waals surface area contributed by atoms with E-state index in [2.05, 4.69) is 5.32 Å². The first-order chi connectivity index (χ1) is 13.1. The molecule has 1 N–H and O–H groups in total. The number of fused-ring (bicyclic) bond motifs is 1. The van der Waals surface area contributed by atoms with E-state index < -0.39 is 5.41 Å². The molecule has 1 aliphatic carbocycles. The predicted octanol–water partition coefficient (Wildman–Crippen LogP) is 3.17. The first-order valence-electron chi connectivity index (χ1n) is 10.4. The lowest BCUT2D eigenvalue weighted by molar-refractivity contribution is -0.129. The van der Waals surface area contributed by atoms with Crippen molar-refractivity contribution in [2.24, 2.45) is 0 Å². The van der Waals surface area contributed by atoms with E-state index in [0.29, 0.717) is 19.4 Å². The molecule has 0 bridgehead atoms. The fourth-order valence-corrected chi connectivity index (χ4v) is 5.15. The molecule has 2 unspecified atom stereocenters. The molecule has 5 nitrogen and oxygen atoms in total. The van der Waals surface area contributed by atoms with Gasteiger partial charge in [-0.15, -0.1) is 0 Å². The van der Waals surface area contributed by atoms with Crippen molar-refractivity contribution in [3.05, 3.63) is 29.8 Å². The van der Waals surface area contributed by atoms with Crippen LogP contribution in [-0.2, 0) is 15.0 Å². The van der Waals surface area contributed by atoms with E-state index in [-0.39, 0.29) is 23.9 Å². The molecular formula is C22H30N2O3. The van der Waals surface area contributed by atoms with Crippen molar-refractivity contribution in [2.45, 2.75) is 75.3 Å². The van der Waals surface area contributed by atoms with Gasteiger partial charge < -0.3 is 15.0 Å². The highest BCUT2D eigenvalue weighted by atomic mass is 16.5. The minimum absolute atomic E-state index is 0.0878. The van der Waals surface area contributed by atoms with Gasteiger partial charge in [0.15, 0.2) is 0 Å². The lowest BCUT2D eigenvalue weighted by Gasteiger charge is -2.31. The first kappa shape index (κ1) is 18.3. The summed E-state index contributed by atoms with van der Waals surface area (Å²) in [5.41, 5.74) is 0.303. The number of methoxy groups -OCH3 is 1. The molecular weight excluding hydrogens is 340 g/mol. The highest BCUT2D eigenvalue weighted by Gasteiger charge is 2.54. The van der Waals surface area contributed by atoms with E-state index in [1.807, 2.05) is 29.2 Å². The minimum Gasteiger partial charge on any atom is -0.497 e. The summed E-state index contributed by atoms with van der Waals surface area (Å²) < 4.78 is 5.41. The zero-order valence-corrected chi connectivity index (χ0v) is 16.2. The third-order valence-electron chi connectivity index (χ3n) is 6.72. The third kappa shape index (κ3) is 3.44. The Bertz CT molecular complexity index is 711. The number of rotatable bonds is 4. The summed E-state index contributed by atoms with van der Waals surface area (Å²) in [6, 6.07) is 8.28. The predicted molar refractivity (Wildman–Crippen MR) is 104 cm³/mol. The van der Waals surface area contributed by atoms with E-state index >= 15 is 0 Å². The summed E-state index contributed by atoms with van der Waals surface area (Å²) in [5.74, 6) is 1.03. The summed E-state index contributed by atoms with van der Waals surface area (Å²) in [4.78, 5) is 27.9. The Hall–Kier alpha value is -2.04. The summed E-state index contributed by atoms with van der Waals surface area (Å²) >= 11 is 0. The summed E-state index contributed by atoms with van der Waals surface area (Å²) in [5, 5.41) is 3.36. The average molecular weight is 370 g/mol. The Morgan fingerprint density at radius 1 is 1.19 bits per heavy atom. The second kappa shape index (κ2) is 7.53. The normalized spacial score (nSPS) is 28.7. The molecule has 2 atom stereocenters. The molecule has 2 amide bonds. The zero-order valence-electron chi connectivity index (χ0n) is 16.2. The second-order valence-electron chi connectivity index (χ2n) is 8.39. The van der Waals surface area contributed by atoms with Gasteiger partial charge in [0.05, 0.1) is 12.5 Å². The largest absolute Gasteiger partial charge is 0.497 e. The zero-order chi connectivity index (χ0) is 18.9. The number of amides is 2. The van der Waals surface area contributed by atoms with Gasteiger partial charge in [-0.2, -0.15) is 0 Å². The standard InChI is InChI=1S/C22H30N2O3/c1-27-19-10-6-7-16(13-19)22(14-18-11-12-20(25)24(18)15-22)21(26)23-17-8-4-2-3-5-9-17/h6-7,10,13,17-18H,2-5,8-9,11-12,14-15H2,1H3,(H,23,26). The molecule has 27 heavy (non-hydrogen) atoms. The monoisotopic (exact) mass is 370 g/mol. The molecule has 3 aliphatic rings. The summed E-state index contributed by atoms with van der Waals surface area (Å²) in [6.45, 7) is 0.488. The van der Waals surface area contributed by atoms with E-state index in [9.17, 15) is 9.59 Å². The van der Waals surface area contributed by atoms with Crippen molar-refractivity contribution in [3.63, 3.8) is 0 Å². The van der Waals surface area contributed by atoms with Gasteiger partial charge in [0, 0.05) is 25.0 Å². The number of benzene rings is 1. The van der Waals surface area contributed by atoms with Crippen LogP contribution in [0.1, 0.15) is 63.4 Å². The van der Waals surface area contributed by atoms with Crippen LogP contribution in [0, 0.1) is 0 Å². The molecule has 0 aromatic heterocycles. The van der Waals surface area contributed by atoms with E-state index in [0.717, 1.165) is 30.6 Å². The van der Waals surface area contributed by atoms with Crippen LogP contribution in [0.25, 0.3) is 0 Å². The lowest BCUT2D eigenvalue weighted by Crippen LogP contribution is -2.50. The fourth-order valence-electron chi connectivity index (χ4n) is 5.15. The van der Waals surface area contributed by atoms with Crippen LogP contribution in [0.3, 0.4) is 0 Å². The molecule has 2 saturated heterocycles. The van der Waals surface area contributed by atoms with Gasteiger partial charge in [0.25, 0.3) is 0 Å². The molecule has 5 heteroatoms. The molecule has 1 saturated carbocycles. The Kier molecular flexibility index (Phi) is 5.11. The van der Waals surface area contributed by atoms with Crippen LogP contribution in [0.5, 0.6) is 5.75 Å². The van der Waals surface area contributed by atoms with Crippen LogP contribution in [0.4, 0.5) is 0 Å². The Balaban J connectivity index is 1.64. The molecule has 2 aliphatic heterocycles. The van der Waals surface area contributed by atoms with Crippen LogP contribution >= 0.6 is 0 Å². The van der Waals surface area contributed by atoms with Gasteiger partial charge in [-0.05, 0) is 43.4 Å². The van der Waals surface area contributed by atoms with E-state index in [1.54, 1.807) is 7.11 Å². The van der Waals surface area contributed by atoms with E-state index in [4.69, 9.17) is 4.74 Å². The van der Waals surface area contributed by atoms with Crippen LogP contribution in [-0.4, -0.2) is 42.5 Å². The number of carbonyl (C=O) groups excluding carboxylic acids is 2. The second-order valence-corrected chi connectivity index (χ2v) is 8.39.